The smallest absolute Gasteiger partial charge is 0.140 e. The van der Waals surface area contributed by atoms with Crippen LogP contribution in [0, 0.1) is 6.92 Å². The molecule has 1 unspecified atom stereocenters. The minimum absolute atomic E-state index is 0.530. The van der Waals surface area contributed by atoms with Gasteiger partial charge in [-0.1, -0.05) is 29.8 Å². The number of hydrogen-bond acceptors (Lipinski definition) is 3. The van der Waals surface area contributed by atoms with E-state index in [1.54, 1.807) is 0 Å². The second-order valence-corrected chi connectivity index (χ2v) is 5.06. The summed E-state index contributed by atoms with van der Waals surface area (Å²) in [6.45, 7) is 4.52. The van der Waals surface area contributed by atoms with Gasteiger partial charge in [-0.15, -0.1) is 0 Å². The summed E-state index contributed by atoms with van der Waals surface area (Å²) in [6.07, 6.45) is -0.833. The van der Waals surface area contributed by atoms with Gasteiger partial charge in [0.2, 0.25) is 0 Å². The Bertz CT molecular complexity index is 758. The van der Waals surface area contributed by atoms with E-state index in [0.29, 0.717) is 18.1 Å². The van der Waals surface area contributed by atoms with Gasteiger partial charge >= 0.3 is 0 Å². The van der Waals surface area contributed by atoms with E-state index in [9.17, 15) is 5.11 Å². The molecule has 3 nitrogen and oxygen atoms in total. The zero-order chi connectivity index (χ0) is 14.8. The number of ether oxygens (including phenoxy) is 1. The van der Waals surface area contributed by atoms with Crippen molar-refractivity contribution in [3.8, 4) is 5.75 Å². The van der Waals surface area contributed by atoms with Crippen molar-refractivity contribution in [3.05, 3.63) is 65.4 Å². The first-order chi connectivity index (χ1) is 10.2. The zero-order valence-electron chi connectivity index (χ0n) is 12.2. The van der Waals surface area contributed by atoms with Gasteiger partial charge in [0.05, 0.1) is 6.61 Å². The number of hydrogen-bond donors (Lipinski definition) is 1. The number of benzene rings is 2. The van der Waals surface area contributed by atoms with Crippen LogP contribution in [0.3, 0.4) is 0 Å². The van der Waals surface area contributed by atoms with Crippen LogP contribution in [0.4, 0.5) is 0 Å². The summed E-state index contributed by atoms with van der Waals surface area (Å²) in [5.41, 5.74) is 2.66. The highest BCUT2D eigenvalue weighted by atomic mass is 16.5. The molecule has 0 saturated carbocycles. The van der Waals surface area contributed by atoms with Crippen molar-refractivity contribution in [1.82, 2.24) is 0 Å². The maximum absolute atomic E-state index is 10.6. The van der Waals surface area contributed by atoms with E-state index in [2.05, 4.69) is 0 Å². The van der Waals surface area contributed by atoms with Gasteiger partial charge in [-0.05, 0) is 38.1 Å². The van der Waals surface area contributed by atoms with Gasteiger partial charge in [0.1, 0.15) is 23.2 Å². The summed E-state index contributed by atoms with van der Waals surface area (Å²) in [4.78, 5) is 0. The summed E-state index contributed by atoms with van der Waals surface area (Å²) in [5, 5.41) is 11.6. The molecular formula is C18H18O3. The Morgan fingerprint density at radius 1 is 1.14 bits per heavy atom. The molecule has 3 heteroatoms. The average Bonchev–Trinajstić information content (AvgIpc) is 2.90. The molecule has 3 aromatic rings. The predicted molar refractivity (Wildman–Crippen MR) is 82.6 cm³/mol. The summed E-state index contributed by atoms with van der Waals surface area (Å²) in [7, 11) is 0. The second-order valence-electron chi connectivity index (χ2n) is 5.06. The van der Waals surface area contributed by atoms with E-state index < -0.39 is 6.10 Å². The monoisotopic (exact) mass is 282 g/mol. The predicted octanol–water partition coefficient (Wildman–Crippen LogP) is 4.22. The number of aliphatic hydroxyl groups excluding tert-OH is 1. The number of fused-ring (bicyclic) bond motifs is 1. The topological polar surface area (TPSA) is 42.6 Å². The van der Waals surface area contributed by atoms with Crippen molar-refractivity contribution in [2.24, 2.45) is 0 Å². The highest BCUT2D eigenvalue weighted by molar-refractivity contribution is 5.78. The SMILES string of the molecule is CCOc1ccccc1C(O)c1cc2cc(C)ccc2o1. The molecule has 1 atom stereocenters. The lowest BCUT2D eigenvalue weighted by Gasteiger charge is -2.13. The maximum atomic E-state index is 10.6. The van der Waals surface area contributed by atoms with Gasteiger partial charge in [-0.2, -0.15) is 0 Å². The van der Waals surface area contributed by atoms with E-state index in [4.69, 9.17) is 9.15 Å². The summed E-state index contributed by atoms with van der Waals surface area (Å²) < 4.78 is 11.3. The molecule has 0 bridgehead atoms. The van der Waals surface area contributed by atoms with Crippen LogP contribution in [0.1, 0.15) is 29.9 Å². The molecule has 0 aliphatic heterocycles. The first kappa shape index (κ1) is 13.7. The number of furan rings is 1. The fourth-order valence-corrected chi connectivity index (χ4v) is 2.46. The van der Waals surface area contributed by atoms with E-state index in [0.717, 1.165) is 16.5 Å². The first-order valence-electron chi connectivity index (χ1n) is 7.09. The molecule has 1 N–H and O–H groups in total. The molecule has 0 aliphatic rings. The lowest BCUT2D eigenvalue weighted by molar-refractivity contribution is 0.186. The summed E-state index contributed by atoms with van der Waals surface area (Å²) in [6, 6.07) is 15.3. The molecule has 0 amide bonds. The molecule has 0 aliphatic carbocycles. The lowest BCUT2D eigenvalue weighted by atomic mass is 10.1. The van der Waals surface area contributed by atoms with Crippen LogP contribution in [-0.4, -0.2) is 11.7 Å². The van der Waals surface area contributed by atoms with E-state index in [-0.39, 0.29) is 0 Å². The molecule has 21 heavy (non-hydrogen) atoms. The second kappa shape index (κ2) is 5.62. The number of aliphatic hydroxyl groups is 1. The third-order valence-electron chi connectivity index (χ3n) is 3.47. The van der Waals surface area contributed by atoms with Crippen LogP contribution in [-0.2, 0) is 0 Å². The molecule has 3 rings (SSSR count). The van der Waals surface area contributed by atoms with Crippen LogP contribution in [0.15, 0.2) is 52.9 Å². The Balaban J connectivity index is 2.02. The Morgan fingerprint density at radius 3 is 2.76 bits per heavy atom. The van der Waals surface area contributed by atoms with E-state index >= 15 is 0 Å². The highest BCUT2D eigenvalue weighted by Crippen LogP contribution is 2.33. The van der Waals surface area contributed by atoms with Gasteiger partial charge in [0.25, 0.3) is 0 Å². The Hall–Kier alpha value is -2.26. The van der Waals surface area contributed by atoms with Crippen LogP contribution >= 0.6 is 0 Å². The van der Waals surface area contributed by atoms with Gasteiger partial charge in [-0.3, -0.25) is 0 Å². The molecule has 0 spiro atoms. The Labute approximate surface area is 123 Å². The number of para-hydroxylation sites is 1. The summed E-state index contributed by atoms with van der Waals surface area (Å²) >= 11 is 0. The zero-order valence-corrected chi connectivity index (χ0v) is 12.2. The fraction of sp³-hybridized carbons (Fsp3) is 0.222. The minimum atomic E-state index is -0.833. The van der Waals surface area contributed by atoms with Crippen LogP contribution < -0.4 is 4.74 Å². The van der Waals surface area contributed by atoms with Crippen molar-refractivity contribution in [1.29, 1.82) is 0 Å². The molecule has 0 fully saturated rings. The first-order valence-corrected chi connectivity index (χ1v) is 7.09. The largest absolute Gasteiger partial charge is 0.493 e. The third kappa shape index (κ3) is 2.65. The van der Waals surface area contributed by atoms with Gasteiger partial charge in [0.15, 0.2) is 0 Å². The molecule has 2 aromatic carbocycles. The van der Waals surface area contributed by atoms with Crippen molar-refractivity contribution in [2.75, 3.05) is 6.61 Å². The third-order valence-corrected chi connectivity index (χ3v) is 3.47. The van der Waals surface area contributed by atoms with Gasteiger partial charge in [0, 0.05) is 10.9 Å². The standard InChI is InChI=1S/C18H18O3/c1-3-20-16-7-5-4-6-14(16)18(19)17-11-13-10-12(2)8-9-15(13)21-17/h4-11,18-19H,3H2,1-2H3. The molecule has 0 saturated heterocycles. The van der Waals surface area contributed by atoms with Crippen molar-refractivity contribution >= 4 is 11.0 Å². The van der Waals surface area contributed by atoms with Crippen LogP contribution in [0.25, 0.3) is 11.0 Å². The Kier molecular flexibility index (Phi) is 3.67. The quantitative estimate of drug-likeness (QED) is 0.779. The van der Waals surface area contributed by atoms with Gasteiger partial charge < -0.3 is 14.3 Å². The van der Waals surface area contributed by atoms with Gasteiger partial charge in [-0.25, -0.2) is 0 Å². The van der Waals surface area contributed by atoms with Crippen LogP contribution in [0.2, 0.25) is 0 Å². The van der Waals surface area contributed by atoms with E-state index in [1.807, 2.05) is 62.4 Å². The fourth-order valence-electron chi connectivity index (χ4n) is 2.46. The van der Waals surface area contributed by atoms with E-state index in [1.165, 1.54) is 5.56 Å². The molecule has 108 valence electrons. The van der Waals surface area contributed by atoms with Crippen molar-refractivity contribution in [2.45, 2.75) is 20.0 Å². The lowest BCUT2D eigenvalue weighted by Crippen LogP contribution is -2.02. The number of aryl methyl sites for hydroxylation is 1. The number of rotatable bonds is 4. The molecule has 1 heterocycles. The molecule has 0 radical (unpaired) electrons. The minimum Gasteiger partial charge on any atom is -0.493 e. The van der Waals surface area contributed by atoms with Crippen molar-refractivity contribution in [3.63, 3.8) is 0 Å². The summed E-state index contributed by atoms with van der Waals surface area (Å²) in [5.74, 6) is 1.21. The molecule has 1 aromatic heterocycles. The molecular weight excluding hydrogens is 264 g/mol. The Morgan fingerprint density at radius 2 is 1.95 bits per heavy atom. The average molecular weight is 282 g/mol. The maximum Gasteiger partial charge on any atom is 0.140 e. The highest BCUT2D eigenvalue weighted by Gasteiger charge is 2.19. The van der Waals surface area contributed by atoms with Crippen LogP contribution in [0.5, 0.6) is 5.75 Å². The van der Waals surface area contributed by atoms with Crippen molar-refractivity contribution < 1.29 is 14.3 Å². The normalized spacial score (nSPS) is 12.5.